The van der Waals surface area contributed by atoms with E-state index in [0.717, 1.165) is 68.7 Å². The van der Waals surface area contributed by atoms with E-state index < -0.39 is 0 Å². The Morgan fingerprint density at radius 2 is 2.00 bits per heavy atom. The predicted octanol–water partition coefficient (Wildman–Crippen LogP) is 2.69. The summed E-state index contributed by atoms with van der Waals surface area (Å²) in [7, 11) is 0. The molecule has 29 heavy (non-hydrogen) atoms. The van der Waals surface area contributed by atoms with E-state index in [2.05, 4.69) is 9.88 Å². The summed E-state index contributed by atoms with van der Waals surface area (Å²) in [6.07, 6.45) is 8.36. The van der Waals surface area contributed by atoms with Crippen molar-refractivity contribution in [3.63, 3.8) is 0 Å². The van der Waals surface area contributed by atoms with Crippen LogP contribution in [0.3, 0.4) is 0 Å². The highest BCUT2D eigenvalue weighted by Gasteiger charge is 2.47. The van der Waals surface area contributed by atoms with Crippen molar-refractivity contribution < 1.29 is 9.59 Å². The molecular weight excluding hydrogens is 384 g/mol. The van der Waals surface area contributed by atoms with Gasteiger partial charge in [-0.3, -0.25) is 14.6 Å². The van der Waals surface area contributed by atoms with Crippen LogP contribution >= 0.6 is 11.3 Å². The number of primary amides is 1. The van der Waals surface area contributed by atoms with Crippen LogP contribution in [0.1, 0.15) is 46.5 Å². The maximum absolute atomic E-state index is 13.1. The number of likely N-dealkylation sites (tertiary alicyclic amines) is 2. The lowest BCUT2D eigenvalue weighted by molar-refractivity contribution is -0.138. The Labute approximate surface area is 175 Å². The number of pyridine rings is 1. The summed E-state index contributed by atoms with van der Waals surface area (Å²) in [6.45, 7) is 4.46. The first-order valence-corrected chi connectivity index (χ1v) is 11.2. The second-order valence-electron chi connectivity index (χ2n) is 8.19. The third kappa shape index (κ3) is 4.36. The first-order valence-electron chi connectivity index (χ1n) is 10.3. The molecule has 0 saturated carbocycles. The Morgan fingerprint density at radius 1 is 1.21 bits per heavy atom. The lowest BCUT2D eigenvalue weighted by atomic mass is 9.77. The van der Waals surface area contributed by atoms with E-state index in [1.54, 1.807) is 17.5 Å². The average molecular weight is 413 g/mol. The number of aryl methyl sites for hydroxylation is 1. The van der Waals surface area contributed by atoms with Crippen molar-refractivity contribution in [1.82, 2.24) is 14.8 Å². The molecule has 2 fully saturated rings. The van der Waals surface area contributed by atoms with Crippen LogP contribution in [-0.4, -0.2) is 52.8 Å². The lowest BCUT2D eigenvalue weighted by Crippen LogP contribution is -2.44. The molecule has 0 bridgehead atoms. The zero-order chi connectivity index (χ0) is 20.3. The molecule has 2 amide bonds. The molecule has 2 aromatic heterocycles. The van der Waals surface area contributed by atoms with Crippen LogP contribution in [0.25, 0.3) is 0 Å². The van der Waals surface area contributed by atoms with Gasteiger partial charge in [-0.15, -0.1) is 11.3 Å². The molecule has 2 N–H and O–H groups in total. The van der Waals surface area contributed by atoms with Crippen LogP contribution in [-0.2, 0) is 17.8 Å². The van der Waals surface area contributed by atoms with Crippen molar-refractivity contribution in [1.29, 1.82) is 0 Å². The van der Waals surface area contributed by atoms with Crippen LogP contribution in [0, 0.1) is 5.41 Å². The topological polar surface area (TPSA) is 79.5 Å². The van der Waals surface area contributed by atoms with E-state index in [0.29, 0.717) is 18.0 Å². The second kappa shape index (κ2) is 8.63. The molecule has 4 heterocycles. The van der Waals surface area contributed by atoms with E-state index in [-0.39, 0.29) is 11.3 Å². The minimum atomic E-state index is -0.336. The third-order valence-corrected chi connectivity index (χ3v) is 7.38. The van der Waals surface area contributed by atoms with Crippen molar-refractivity contribution >= 4 is 23.2 Å². The molecular formula is C22H28N4O2S. The molecule has 4 rings (SSSR count). The number of amides is 2. The molecule has 0 unspecified atom stereocenters. The van der Waals surface area contributed by atoms with E-state index >= 15 is 0 Å². The number of hydrogen-bond donors (Lipinski definition) is 1. The average Bonchev–Trinajstić information content (AvgIpc) is 3.31. The Hall–Kier alpha value is -2.25. The number of hydrogen-bond acceptors (Lipinski definition) is 5. The van der Waals surface area contributed by atoms with Crippen LogP contribution in [0.4, 0.5) is 0 Å². The van der Waals surface area contributed by atoms with Gasteiger partial charge in [0.1, 0.15) is 0 Å². The monoisotopic (exact) mass is 412 g/mol. The van der Waals surface area contributed by atoms with Gasteiger partial charge in [-0.05, 0) is 74.8 Å². The van der Waals surface area contributed by atoms with Gasteiger partial charge in [0.15, 0.2) is 0 Å². The summed E-state index contributed by atoms with van der Waals surface area (Å²) < 4.78 is 0. The standard InChI is InChI=1S/C22H28N4O2S/c23-20(27)18-5-14-29-19(18)4-2-10-25-11-6-22(7-12-25)8-13-26(21(22)28)16-17-3-1-9-24-15-17/h1,3,5,9,14-15H,2,4,6-8,10-13,16H2,(H2,23,27). The molecule has 0 aliphatic carbocycles. The Bertz CT molecular complexity index is 859. The zero-order valence-electron chi connectivity index (χ0n) is 16.7. The summed E-state index contributed by atoms with van der Waals surface area (Å²) in [5.74, 6) is -0.0116. The molecule has 2 aliphatic heterocycles. The number of nitrogens with two attached hydrogens (primary N) is 1. The fraction of sp³-hybridized carbons (Fsp3) is 0.500. The largest absolute Gasteiger partial charge is 0.366 e. The van der Waals surface area contributed by atoms with Crippen molar-refractivity contribution in [2.75, 3.05) is 26.2 Å². The molecule has 0 atom stereocenters. The highest BCUT2D eigenvalue weighted by molar-refractivity contribution is 7.10. The Kier molecular flexibility index (Phi) is 5.96. The Balaban J connectivity index is 1.25. The van der Waals surface area contributed by atoms with Crippen LogP contribution in [0.2, 0.25) is 0 Å². The van der Waals surface area contributed by atoms with E-state index in [1.165, 1.54) is 0 Å². The zero-order valence-corrected chi connectivity index (χ0v) is 17.5. The van der Waals surface area contributed by atoms with Gasteiger partial charge < -0.3 is 15.5 Å². The quantitative estimate of drug-likeness (QED) is 0.758. The molecule has 0 aromatic carbocycles. The number of aromatic nitrogens is 1. The van der Waals surface area contributed by atoms with E-state index in [4.69, 9.17) is 5.73 Å². The molecule has 2 saturated heterocycles. The second-order valence-corrected chi connectivity index (χ2v) is 9.19. The SMILES string of the molecule is NC(=O)c1ccsc1CCCN1CCC2(CC1)CCN(Cc1cccnc1)C2=O. The molecule has 1 spiro atoms. The van der Waals surface area contributed by atoms with Crippen molar-refractivity contribution in [2.45, 2.75) is 38.6 Å². The van der Waals surface area contributed by atoms with Gasteiger partial charge in [0.05, 0.1) is 11.0 Å². The third-order valence-electron chi connectivity index (χ3n) is 6.40. The molecule has 154 valence electrons. The van der Waals surface area contributed by atoms with Gasteiger partial charge in [0, 0.05) is 30.4 Å². The highest BCUT2D eigenvalue weighted by Crippen LogP contribution is 2.42. The summed E-state index contributed by atoms with van der Waals surface area (Å²) in [6, 6.07) is 5.77. The minimum absolute atomic E-state index is 0.161. The first kappa shape index (κ1) is 20.0. The number of carbonyl (C=O) groups excluding carboxylic acids is 2. The van der Waals surface area contributed by atoms with Crippen LogP contribution in [0.5, 0.6) is 0 Å². The maximum atomic E-state index is 13.1. The molecule has 2 aliphatic rings. The maximum Gasteiger partial charge on any atom is 0.249 e. The van der Waals surface area contributed by atoms with Crippen molar-refractivity contribution in [3.05, 3.63) is 52.0 Å². The van der Waals surface area contributed by atoms with Gasteiger partial charge in [-0.1, -0.05) is 6.07 Å². The fourth-order valence-electron chi connectivity index (χ4n) is 4.64. The van der Waals surface area contributed by atoms with E-state index in [9.17, 15) is 9.59 Å². The first-order chi connectivity index (χ1) is 14.1. The van der Waals surface area contributed by atoms with Gasteiger partial charge in [0.25, 0.3) is 0 Å². The van der Waals surface area contributed by atoms with Gasteiger partial charge >= 0.3 is 0 Å². The predicted molar refractivity (Wildman–Crippen MR) is 114 cm³/mol. The van der Waals surface area contributed by atoms with Crippen LogP contribution < -0.4 is 5.73 Å². The molecule has 7 heteroatoms. The van der Waals surface area contributed by atoms with Crippen molar-refractivity contribution in [3.8, 4) is 0 Å². The van der Waals surface area contributed by atoms with Crippen LogP contribution in [0.15, 0.2) is 36.0 Å². The lowest BCUT2D eigenvalue weighted by Gasteiger charge is -2.38. The number of nitrogens with zero attached hydrogens (tertiary/aromatic N) is 3. The smallest absolute Gasteiger partial charge is 0.249 e. The number of rotatable bonds is 7. The normalized spacial score (nSPS) is 19.2. The summed E-state index contributed by atoms with van der Waals surface area (Å²) >= 11 is 1.61. The van der Waals surface area contributed by atoms with Gasteiger partial charge in [-0.25, -0.2) is 0 Å². The molecule has 0 radical (unpaired) electrons. The number of carbonyl (C=O) groups is 2. The fourth-order valence-corrected chi connectivity index (χ4v) is 5.57. The van der Waals surface area contributed by atoms with Gasteiger partial charge in [0.2, 0.25) is 11.8 Å². The summed E-state index contributed by atoms with van der Waals surface area (Å²) in [4.78, 5) is 34.3. The van der Waals surface area contributed by atoms with Gasteiger partial charge in [-0.2, -0.15) is 0 Å². The van der Waals surface area contributed by atoms with Crippen molar-refractivity contribution in [2.24, 2.45) is 11.1 Å². The van der Waals surface area contributed by atoms with E-state index in [1.807, 2.05) is 34.7 Å². The molecule has 6 nitrogen and oxygen atoms in total. The Morgan fingerprint density at radius 3 is 2.72 bits per heavy atom. The minimum Gasteiger partial charge on any atom is -0.366 e. The number of piperidine rings is 1. The number of thiophene rings is 1. The summed E-state index contributed by atoms with van der Waals surface area (Å²) in [5.41, 5.74) is 7.03. The summed E-state index contributed by atoms with van der Waals surface area (Å²) in [5, 5.41) is 1.93. The highest BCUT2D eigenvalue weighted by atomic mass is 32.1. The molecule has 2 aromatic rings.